The minimum Gasteiger partial charge on any atom is -0.358 e. The molecular formula is CH5N2O2+. The van der Waals surface area contributed by atoms with Crippen LogP contribution < -0.4 is 10.6 Å². The third-order valence-corrected chi connectivity index (χ3v) is 0.129. The zero-order valence-corrected chi connectivity index (χ0v) is 2.47. The molecule has 0 aromatic rings. The standard InChI is InChI=1S/CH4N2O2/c4-2-1-3-5/h1,4-5H,(H,2,3)/p+1. The maximum absolute atomic E-state index is 7.54. The van der Waals surface area contributed by atoms with Gasteiger partial charge in [-0.3, -0.25) is 0 Å². The molecule has 4 N–H and O–H groups in total. The first-order valence-corrected chi connectivity index (χ1v) is 1.02. The summed E-state index contributed by atoms with van der Waals surface area (Å²) in [4.78, 5) is 0. The second kappa shape index (κ2) is 3.23. The maximum Gasteiger partial charge on any atom is 0.298 e. The summed E-state index contributed by atoms with van der Waals surface area (Å²) in [5.74, 6) is 0. The van der Waals surface area contributed by atoms with E-state index in [0.29, 0.717) is 0 Å². The fourth-order valence-corrected chi connectivity index (χ4v) is 0.0289. The summed E-state index contributed by atoms with van der Waals surface area (Å²) in [7, 11) is 0. The molecule has 4 heteroatoms. The van der Waals surface area contributed by atoms with Gasteiger partial charge in [0.25, 0.3) is 6.34 Å². The van der Waals surface area contributed by atoms with Crippen molar-refractivity contribution in [3.63, 3.8) is 0 Å². The van der Waals surface area contributed by atoms with Crippen LogP contribution in [0.25, 0.3) is 0 Å². The van der Waals surface area contributed by atoms with Crippen LogP contribution in [0.15, 0.2) is 0 Å². The summed E-state index contributed by atoms with van der Waals surface area (Å²) in [6.07, 6.45) is 0.861. The number of nitrogens with one attached hydrogen (secondary N) is 2. The Labute approximate surface area is 28.7 Å². The molecule has 0 amide bonds. The molecule has 4 nitrogen and oxygen atoms in total. The molecule has 5 heavy (non-hydrogen) atoms. The molecular weight excluding hydrogens is 72.0 g/mol. The third kappa shape index (κ3) is 3.23. The molecule has 0 aliphatic rings. The topological polar surface area (TPSA) is 66.5 Å². The van der Waals surface area contributed by atoms with E-state index in [9.17, 15) is 0 Å². The third-order valence-electron chi connectivity index (χ3n) is 0.129. The van der Waals surface area contributed by atoms with Gasteiger partial charge in [0, 0.05) is 0 Å². The molecule has 0 aliphatic carbocycles. The molecule has 0 unspecified atom stereocenters. The second-order valence-electron chi connectivity index (χ2n) is 0.403. The number of hydroxylamine groups is 1. The van der Waals surface area contributed by atoms with Crippen molar-refractivity contribution in [1.29, 1.82) is 0 Å². The maximum atomic E-state index is 7.54. The van der Waals surface area contributed by atoms with E-state index >= 15 is 0 Å². The lowest BCUT2D eigenvalue weighted by atomic mass is 11.4. The zero-order valence-electron chi connectivity index (χ0n) is 2.47. The second-order valence-corrected chi connectivity index (χ2v) is 0.403. The van der Waals surface area contributed by atoms with Crippen LogP contribution in [0.3, 0.4) is 0 Å². The van der Waals surface area contributed by atoms with Crippen LogP contribution in [0.1, 0.15) is 0 Å². The molecule has 0 fully saturated rings. The van der Waals surface area contributed by atoms with E-state index in [1.807, 2.05) is 0 Å². The quantitative estimate of drug-likeness (QED) is 0.121. The van der Waals surface area contributed by atoms with Crippen molar-refractivity contribution in [2.24, 2.45) is 0 Å². The van der Waals surface area contributed by atoms with Crippen molar-refractivity contribution in [2.75, 3.05) is 0 Å². The highest BCUT2D eigenvalue weighted by molar-refractivity contribution is 5.43. The molecule has 0 spiro atoms. The predicted molar refractivity (Wildman–Crippen MR) is 13.7 cm³/mol. The van der Waals surface area contributed by atoms with E-state index in [0.717, 1.165) is 6.34 Å². The highest BCUT2D eigenvalue weighted by Gasteiger charge is 1.59. The van der Waals surface area contributed by atoms with Crippen molar-refractivity contribution >= 4 is 6.34 Å². The van der Waals surface area contributed by atoms with Crippen molar-refractivity contribution in [2.45, 2.75) is 0 Å². The lowest BCUT2D eigenvalue weighted by Crippen LogP contribution is -2.66. The van der Waals surface area contributed by atoms with Gasteiger partial charge in [0.1, 0.15) is 0 Å². The molecule has 0 atom stereocenters. The van der Waals surface area contributed by atoms with Crippen LogP contribution in [0, 0.1) is 0 Å². The molecule has 0 aliphatic heterocycles. The lowest BCUT2D eigenvalue weighted by Gasteiger charge is -1.63. The Morgan fingerprint density at radius 3 is 2.40 bits per heavy atom. The smallest absolute Gasteiger partial charge is 0.298 e. The Kier molecular flexibility index (Phi) is 2.73. The molecule has 0 aromatic heterocycles. The largest absolute Gasteiger partial charge is 0.358 e. The van der Waals surface area contributed by atoms with Gasteiger partial charge in [-0.2, -0.15) is 0 Å². The molecule has 0 saturated heterocycles. The normalized spacial score (nSPS) is 9.00. The molecule has 0 radical (unpaired) electrons. The fourth-order valence-electron chi connectivity index (χ4n) is 0.0289. The number of rotatable bonds is 1. The van der Waals surface area contributed by atoms with E-state index in [1.165, 1.54) is 10.6 Å². The van der Waals surface area contributed by atoms with Gasteiger partial charge in [-0.05, 0) is 0 Å². The van der Waals surface area contributed by atoms with Gasteiger partial charge in [0.15, 0.2) is 0 Å². The zero-order chi connectivity index (χ0) is 4.12. The van der Waals surface area contributed by atoms with E-state index in [-0.39, 0.29) is 0 Å². The van der Waals surface area contributed by atoms with Gasteiger partial charge in [-0.1, -0.05) is 5.16 Å². The average Bonchev–Trinajstić information content (AvgIpc) is 1.41. The Hall–Kier alpha value is -0.770. The summed E-state index contributed by atoms with van der Waals surface area (Å²) in [5, 5.41) is 16.6. The number of hydrogen-bond acceptors (Lipinski definition) is 2. The Morgan fingerprint density at radius 2 is 2.40 bits per heavy atom. The minimum atomic E-state index is 0.861. The van der Waals surface area contributed by atoms with E-state index in [4.69, 9.17) is 10.4 Å². The fraction of sp³-hybridized carbons (Fsp3) is 0. The van der Waals surface area contributed by atoms with Crippen LogP contribution in [0.5, 0.6) is 0 Å². The lowest BCUT2D eigenvalue weighted by molar-refractivity contribution is -0.735. The first-order chi connectivity index (χ1) is 2.41. The van der Waals surface area contributed by atoms with E-state index in [2.05, 4.69) is 0 Å². The van der Waals surface area contributed by atoms with Gasteiger partial charge in [0.05, 0.1) is 0 Å². The van der Waals surface area contributed by atoms with Gasteiger partial charge in [0.2, 0.25) is 0 Å². The monoisotopic (exact) mass is 77.0 g/mol. The van der Waals surface area contributed by atoms with Crippen LogP contribution in [0.2, 0.25) is 0 Å². The van der Waals surface area contributed by atoms with Crippen LogP contribution in [-0.2, 0) is 0 Å². The molecule has 0 heterocycles. The summed E-state index contributed by atoms with van der Waals surface area (Å²) in [5.41, 5.74) is 1.53. The van der Waals surface area contributed by atoms with Crippen LogP contribution in [-0.4, -0.2) is 16.8 Å². The Morgan fingerprint density at radius 1 is 1.80 bits per heavy atom. The Bertz CT molecular complexity index is 34.6. The Balaban J connectivity index is 2.62. The van der Waals surface area contributed by atoms with Crippen molar-refractivity contribution < 1.29 is 15.6 Å². The van der Waals surface area contributed by atoms with Crippen molar-refractivity contribution in [3.8, 4) is 0 Å². The number of hydrogen-bond donors (Lipinski definition) is 4. The van der Waals surface area contributed by atoms with Crippen molar-refractivity contribution in [1.82, 2.24) is 5.48 Å². The van der Waals surface area contributed by atoms with Gasteiger partial charge in [-0.15, -0.1) is 5.48 Å². The minimum absolute atomic E-state index is 0.861. The summed E-state index contributed by atoms with van der Waals surface area (Å²) < 4.78 is 0. The first kappa shape index (κ1) is 4.23. The van der Waals surface area contributed by atoms with Gasteiger partial charge < -0.3 is 5.21 Å². The molecule has 0 rings (SSSR count). The highest BCUT2D eigenvalue weighted by atomic mass is 16.5. The highest BCUT2D eigenvalue weighted by Crippen LogP contribution is 1.01. The van der Waals surface area contributed by atoms with Gasteiger partial charge in [-0.25, -0.2) is 5.21 Å². The first-order valence-electron chi connectivity index (χ1n) is 1.02. The molecule has 30 valence electrons. The van der Waals surface area contributed by atoms with Crippen molar-refractivity contribution in [3.05, 3.63) is 0 Å². The summed E-state index contributed by atoms with van der Waals surface area (Å²) in [6, 6.07) is 0. The van der Waals surface area contributed by atoms with E-state index < -0.39 is 0 Å². The predicted octanol–water partition coefficient (Wildman–Crippen LogP) is -2.54. The molecule has 0 saturated carbocycles. The SMILES string of the molecule is ON/C=[NH+]/O. The summed E-state index contributed by atoms with van der Waals surface area (Å²) >= 11 is 0. The average molecular weight is 77.1 g/mol. The van der Waals surface area contributed by atoms with Crippen LogP contribution in [0.4, 0.5) is 0 Å². The van der Waals surface area contributed by atoms with Gasteiger partial charge >= 0.3 is 0 Å². The molecule has 0 aromatic carbocycles. The summed E-state index contributed by atoms with van der Waals surface area (Å²) in [6.45, 7) is 0. The van der Waals surface area contributed by atoms with Crippen LogP contribution >= 0.6 is 0 Å². The molecule has 0 bridgehead atoms. The van der Waals surface area contributed by atoms with E-state index in [1.54, 1.807) is 0 Å².